The van der Waals surface area contributed by atoms with Crippen LogP contribution in [0.2, 0.25) is 0 Å². The third-order valence-corrected chi connectivity index (χ3v) is 4.43. The molecule has 0 heterocycles. The molecule has 0 fully saturated rings. The Morgan fingerprint density at radius 2 is 1.78 bits per heavy atom. The number of carbonyl (C=O) groups is 1. The lowest BCUT2D eigenvalue weighted by atomic mass is 9.97. The molecular weight excluding hydrogens is 314 g/mol. The lowest BCUT2D eigenvalue weighted by Gasteiger charge is -2.25. The van der Waals surface area contributed by atoms with Gasteiger partial charge in [0.05, 0.1) is 5.25 Å². The molecule has 130 valence electrons. The van der Waals surface area contributed by atoms with Crippen molar-refractivity contribution in [3.05, 3.63) is 28.8 Å². The number of ether oxygens (including phenoxy) is 1. The molecule has 0 aliphatic heterocycles. The summed E-state index contributed by atoms with van der Waals surface area (Å²) in [6.45, 7) is 11.1. The molecule has 0 spiro atoms. The number of amides is 1. The van der Waals surface area contributed by atoms with Gasteiger partial charge in [0.15, 0.2) is 11.1 Å². The van der Waals surface area contributed by atoms with E-state index in [9.17, 15) is 13.6 Å². The zero-order chi connectivity index (χ0) is 17.9. The molecule has 23 heavy (non-hydrogen) atoms. The highest BCUT2D eigenvalue weighted by atomic mass is 32.2. The molecule has 6 heteroatoms. The standard InChI is InChI=1S/C17H27NO4S/c1-11-8-14(18(7)16(19)22-17(4,5)6)9-12(2)15(11)10-13(3)23(20)21/h8-9,13H,10H2,1-7H3,(H,20,21). The number of carbonyl (C=O) groups excluding carboxylic acids is 1. The van der Waals surface area contributed by atoms with Crippen molar-refractivity contribution < 1.29 is 18.3 Å². The van der Waals surface area contributed by atoms with E-state index >= 15 is 0 Å². The zero-order valence-corrected chi connectivity index (χ0v) is 15.8. The molecule has 1 N–H and O–H groups in total. The van der Waals surface area contributed by atoms with Crippen molar-refractivity contribution in [3.8, 4) is 0 Å². The van der Waals surface area contributed by atoms with Crippen LogP contribution in [-0.4, -0.2) is 32.8 Å². The highest BCUT2D eigenvalue weighted by Crippen LogP contribution is 2.25. The second kappa shape index (κ2) is 7.45. The fourth-order valence-corrected chi connectivity index (χ4v) is 2.59. The molecule has 0 aliphatic rings. The normalized spacial score (nSPS) is 14.3. The van der Waals surface area contributed by atoms with Gasteiger partial charge in [-0.25, -0.2) is 9.00 Å². The first kappa shape index (κ1) is 19.6. The summed E-state index contributed by atoms with van der Waals surface area (Å²) in [6.07, 6.45) is 0.117. The maximum atomic E-state index is 12.2. The molecule has 0 saturated heterocycles. The first-order valence-corrected chi connectivity index (χ1v) is 8.76. The highest BCUT2D eigenvalue weighted by molar-refractivity contribution is 7.79. The fraction of sp³-hybridized carbons (Fsp3) is 0.588. The lowest BCUT2D eigenvalue weighted by Crippen LogP contribution is -2.34. The topological polar surface area (TPSA) is 66.8 Å². The summed E-state index contributed by atoms with van der Waals surface area (Å²) in [6, 6.07) is 3.80. The maximum absolute atomic E-state index is 12.2. The minimum Gasteiger partial charge on any atom is -0.443 e. The molecule has 0 bridgehead atoms. The van der Waals surface area contributed by atoms with E-state index in [-0.39, 0.29) is 5.25 Å². The largest absolute Gasteiger partial charge is 0.443 e. The summed E-state index contributed by atoms with van der Waals surface area (Å²) in [4.78, 5) is 13.6. The van der Waals surface area contributed by atoms with Crippen LogP contribution in [0.1, 0.15) is 44.4 Å². The molecule has 1 rings (SSSR count). The van der Waals surface area contributed by atoms with Gasteiger partial charge in [-0.3, -0.25) is 4.90 Å². The van der Waals surface area contributed by atoms with Crippen LogP contribution in [0, 0.1) is 13.8 Å². The van der Waals surface area contributed by atoms with Crippen LogP contribution in [-0.2, 0) is 22.2 Å². The van der Waals surface area contributed by atoms with Gasteiger partial charge in [-0.2, -0.15) is 0 Å². The molecule has 0 aliphatic carbocycles. The van der Waals surface area contributed by atoms with E-state index < -0.39 is 22.8 Å². The first-order valence-electron chi connectivity index (χ1n) is 7.59. The van der Waals surface area contributed by atoms with Crippen molar-refractivity contribution in [1.82, 2.24) is 0 Å². The summed E-state index contributed by atoms with van der Waals surface area (Å²) in [5, 5.41) is -0.332. The van der Waals surface area contributed by atoms with Crippen molar-refractivity contribution in [1.29, 1.82) is 0 Å². The lowest BCUT2D eigenvalue weighted by molar-refractivity contribution is 0.0589. The summed E-state index contributed by atoms with van der Waals surface area (Å²) in [5.74, 6) is 0. The van der Waals surface area contributed by atoms with Gasteiger partial charge in [-0.1, -0.05) is 0 Å². The summed E-state index contributed by atoms with van der Waals surface area (Å²) in [7, 11) is 1.67. The Labute approximate surface area is 141 Å². The second-order valence-electron chi connectivity index (χ2n) is 6.89. The second-order valence-corrected chi connectivity index (χ2v) is 8.25. The van der Waals surface area contributed by atoms with E-state index in [4.69, 9.17) is 4.74 Å². The van der Waals surface area contributed by atoms with Gasteiger partial charge in [-0.05, 0) is 76.8 Å². The van der Waals surface area contributed by atoms with E-state index in [0.717, 1.165) is 22.4 Å². The predicted molar refractivity (Wildman–Crippen MR) is 94.5 cm³/mol. The number of hydrogen-bond acceptors (Lipinski definition) is 3. The minimum absolute atomic E-state index is 0.332. The third-order valence-electron chi connectivity index (χ3n) is 3.57. The van der Waals surface area contributed by atoms with Gasteiger partial charge in [0, 0.05) is 12.7 Å². The summed E-state index contributed by atoms with van der Waals surface area (Å²) < 4.78 is 25.7. The van der Waals surface area contributed by atoms with Crippen LogP contribution >= 0.6 is 0 Å². The number of benzene rings is 1. The van der Waals surface area contributed by atoms with Crippen LogP contribution in [0.25, 0.3) is 0 Å². The Balaban J connectivity index is 3.04. The van der Waals surface area contributed by atoms with Crippen LogP contribution in [0.5, 0.6) is 0 Å². The quantitative estimate of drug-likeness (QED) is 0.845. The van der Waals surface area contributed by atoms with E-state index in [2.05, 4.69) is 0 Å². The van der Waals surface area contributed by atoms with E-state index in [1.54, 1.807) is 14.0 Å². The van der Waals surface area contributed by atoms with Crippen LogP contribution in [0.15, 0.2) is 12.1 Å². The van der Waals surface area contributed by atoms with E-state index in [0.29, 0.717) is 6.42 Å². The summed E-state index contributed by atoms with van der Waals surface area (Å²) in [5.41, 5.74) is 3.23. The SMILES string of the molecule is Cc1cc(N(C)C(=O)OC(C)(C)C)cc(C)c1CC(C)S(=O)O. The molecule has 0 radical (unpaired) electrons. The Morgan fingerprint density at radius 3 is 2.17 bits per heavy atom. The first-order chi connectivity index (χ1) is 10.4. The van der Waals surface area contributed by atoms with E-state index in [1.165, 1.54) is 4.90 Å². The number of nitrogens with zero attached hydrogens (tertiary/aromatic N) is 1. The number of aryl methyl sites for hydroxylation is 2. The van der Waals surface area contributed by atoms with Gasteiger partial charge in [0.2, 0.25) is 0 Å². The Bertz CT molecular complexity index is 584. The molecule has 1 aromatic rings. The van der Waals surface area contributed by atoms with E-state index in [1.807, 2.05) is 46.8 Å². The van der Waals surface area contributed by atoms with Crippen molar-refractivity contribution in [2.24, 2.45) is 0 Å². The smallest absolute Gasteiger partial charge is 0.414 e. The molecule has 2 unspecified atom stereocenters. The number of hydrogen-bond donors (Lipinski definition) is 1. The van der Waals surface area contributed by atoms with Crippen LogP contribution < -0.4 is 4.90 Å². The Kier molecular flexibility index (Phi) is 6.36. The monoisotopic (exact) mass is 341 g/mol. The minimum atomic E-state index is -1.84. The molecule has 1 aromatic carbocycles. The predicted octanol–water partition coefficient (Wildman–Crippen LogP) is 3.83. The average Bonchev–Trinajstić information content (AvgIpc) is 2.39. The zero-order valence-electron chi connectivity index (χ0n) is 15.0. The molecular formula is C17H27NO4S. The van der Waals surface area contributed by atoms with Gasteiger partial charge >= 0.3 is 6.09 Å². The van der Waals surface area contributed by atoms with Gasteiger partial charge < -0.3 is 9.29 Å². The number of rotatable bonds is 4. The fourth-order valence-electron chi connectivity index (χ4n) is 2.28. The van der Waals surface area contributed by atoms with Crippen molar-refractivity contribution in [2.75, 3.05) is 11.9 Å². The van der Waals surface area contributed by atoms with Crippen LogP contribution in [0.4, 0.5) is 10.5 Å². The van der Waals surface area contributed by atoms with Crippen molar-refractivity contribution in [2.45, 2.75) is 58.8 Å². The van der Waals surface area contributed by atoms with Gasteiger partial charge in [-0.15, -0.1) is 0 Å². The molecule has 0 aromatic heterocycles. The van der Waals surface area contributed by atoms with Gasteiger partial charge in [0.25, 0.3) is 0 Å². The molecule has 5 nitrogen and oxygen atoms in total. The van der Waals surface area contributed by atoms with Crippen LogP contribution in [0.3, 0.4) is 0 Å². The third kappa shape index (κ3) is 5.62. The van der Waals surface area contributed by atoms with Crippen molar-refractivity contribution in [3.63, 3.8) is 0 Å². The summed E-state index contributed by atoms with van der Waals surface area (Å²) >= 11 is -1.84. The molecule has 2 atom stereocenters. The average molecular weight is 341 g/mol. The van der Waals surface area contributed by atoms with Gasteiger partial charge in [0.1, 0.15) is 5.60 Å². The molecule has 0 saturated carbocycles. The highest BCUT2D eigenvalue weighted by Gasteiger charge is 2.22. The Morgan fingerprint density at radius 1 is 1.30 bits per heavy atom. The van der Waals surface area contributed by atoms with Crippen molar-refractivity contribution >= 4 is 22.9 Å². The molecule has 1 amide bonds. The maximum Gasteiger partial charge on any atom is 0.414 e. The number of anilines is 1. The Hall–Kier alpha value is -1.40.